The van der Waals surface area contributed by atoms with Crippen molar-refractivity contribution in [3.8, 4) is 0 Å². The predicted molar refractivity (Wildman–Crippen MR) is 85.3 cm³/mol. The van der Waals surface area contributed by atoms with Crippen molar-refractivity contribution in [3.63, 3.8) is 0 Å². The van der Waals surface area contributed by atoms with Crippen LogP contribution in [0.25, 0.3) is 0 Å². The van der Waals surface area contributed by atoms with Crippen LogP contribution < -0.4 is 16.0 Å². The third-order valence-corrected chi connectivity index (χ3v) is 3.70. The van der Waals surface area contributed by atoms with Gasteiger partial charge in [0, 0.05) is 13.0 Å². The second-order valence-corrected chi connectivity index (χ2v) is 5.75. The maximum Gasteiger partial charge on any atom is 0.237 e. The van der Waals surface area contributed by atoms with Gasteiger partial charge in [0.25, 0.3) is 0 Å². The Labute approximate surface area is 139 Å². The first-order valence-electron chi connectivity index (χ1n) is 7.11. The first-order chi connectivity index (χ1) is 10.3. The van der Waals surface area contributed by atoms with Crippen molar-refractivity contribution in [2.75, 3.05) is 11.4 Å². The van der Waals surface area contributed by atoms with E-state index in [4.69, 9.17) is 5.73 Å². The third-order valence-electron chi connectivity index (χ3n) is 3.70. The van der Waals surface area contributed by atoms with E-state index < -0.39 is 29.6 Å². The zero-order chi connectivity index (χ0) is 16.4. The summed E-state index contributed by atoms with van der Waals surface area (Å²) in [6, 6.07) is 2.21. The lowest BCUT2D eigenvalue weighted by Crippen LogP contribution is -2.48. The smallest absolute Gasteiger partial charge is 0.237 e. The van der Waals surface area contributed by atoms with Gasteiger partial charge in [-0.3, -0.25) is 9.59 Å². The fourth-order valence-corrected chi connectivity index (χ4v) is 2.37. The van der Waals surface area contributed by atoms with Gasteiger partial charge in [-0.15, -0.1) is 12.4 Å². The zero-order valence-electron chi connectivity index (χ0n) is 12.9. The Kier molecular flexibility index (Phi) is 6.47. The molecule has 1 saturated heterocycles. The van der Waals surface area contributed by atoms with Gasteiger partial charge in [0.2, 0.25) is 11.8 Å². The van der Waals surface area contributed by atoms with Crippen LogP contribution in [0.5, 0.6) is 0 Å². The highest BCUT2D eigenvalue weighted by atomic mass is 35.5. The highest BCUT2D eigenvalue weighted by Gasteiger charge is 2.35. The molecule has 0 aromatic heterocycles. The molecule has 1 aliphatic rings. The van der Waals surface area contributed by atoms with Crippen LogP contribution in [0.1, 0.15) is 20.3 Å². The van der Waals surface area contributed by atoms with E-state index in [1.807, 2.05) is 13.8 Å². The molecule has 0 bridgehead atoms. The fraction of sp³-hybridized carbons (Fsp3) is 0.467. The number of rotatable bonds is 4. The summed E-state index contributed by atoms with van der Waals surface area (Å²) in [6.07, 6.45) is -0.00959. The number of benzene rings is 1. The van der Waals surface area contributed by atoms with E-state index in [-0.39, 0.29) is 42.9 Å². The third kappa shape index (κ3) is 4.17. The van der Waals surface area contributed by atoms with Crippen molar-refractivity contribution in [3.05, 3.63) is 29.8 Å². The number of carbonyl (C=O) groups excluding carboxylic acids is 2. The normalized spacial score (nSPS) is 18.8. The Hall–Kier alpha value is -1.73. The summed E-state index contributed by atoms with van der Waals surface area (Å²) in [5.74, 6) is -2.47. The van der Waals surface area contributed by atoms with E-state index in [0.29, 0.717) is 0 Å². The van der Waals surface area contributed by atoms with Crippen LogP contribution in [-0.2, 0) is 9.59 Å². The number of nitrogens with zero attached hydrogens (tertiary/aromatic N) is 1. The number of nitrogens with one attached hydrogen (secondary N) is 1. The largest absolute Gasteiger partial charge is 0.350 e. The van der Waals surface area contributed by atoms with Gasteiger partial charge >= 0.3 is 0 Å². The lowest BCUT2D eigenvalue weighted by molar-refractivity contribution is -0.123. The number of anilines is 1. The molecule has 1 aromatic carbocycles. The van der Waals surface area contributed by atoms with Crippen molar-refractivity contribution in [2.45, 2.75) is 32.4 Å². The van der Waals surface area contributed by atoms with E-state index in [1.165, 1.54) is 6.07 Å². The minimum Gasteiger partial charge on any atom is -0.350 e. The standard InChI is InChI=1S/C15H19F2N3O2.ClH/c1-8(2)13(18)15(22)19-9-6-12(21)20(7-9)14-10(16)4-3-5-11(14)17;/h3-5,8-9,13H,6-7,18H2,1-2H3,(H,19,22);1H/t9?,13-;/m0./s1. The van der Waals surface area contributed by atoms with Crippen molar-refractivity contribution in [1.82, 2.24) is 5.32 Å². The molecule has 2 atom stereocenters. The van der Waals surface area contributed by atoms with Gasteiger partial charge in [0.1, 0.15) is 17.3 Å². The summed E-state index contributed by atoms with van der Waals surface area (Å²) in [7, 11) is 0. The highest BCUT2D eigenvalue weighted by molar-refractivity contribution is 5.97. The highest BCUT2D eigenvalue weighted by Crippen LogP contribution is 2.27. The summed E-state index contributed by atoms with van der Waals surface area (Å²) in [5, 5.41) is 2.66. The van der Waals surface area contributed by atoms with Gasteiger partial charge in [-0.05, 0) is 18.1 Å². The average Bonchev–Trinajstić information content (AvgIpc) is 2.78. The van der Waals surface area contributed by atoms with Crippen molar-refractivity contribution in [2.24, 2.45) is 11.7 Å². The Morgan fingerprint density at radius 1 is 1.35 bits per heavy atom. The zero-order valence-corrected chi connectivity index (χ0v) is 13.7. The molecule has 128 valence electrons. The summed E-state index contributed by atoms with van der Waals surface area (Å²) >= 11 is 0. The van der Waals surface area contributed by atoms with Crippen LogP contribution in [0, 0.1) is 17.6 Å². The van der Waals surface area contributed by atoms with E-state index >= 15 is 0 Å². The average molecular weight is 348 g/mol. The van der Waals surface area contributed by atoms with Crippen molar-refractivity contribution >= 4 is 29.9 Å². The first-order valence-corrected chi connectivity index (χ1v) is 7.11. The van der Waals surface area contributed by atoms with Gasteiger partial charge in [0.15, 0.2) is 0 Å². The molecule has 5 nitrogen and oxygen atoms in total. The Morgan fingerprint density at radius 2 is 1.91 bits per heavy atom. The van der Waals surface area contributed by atoms with Crippen LogP contribution in [0.3, 0.4) is 0 Å². The number of para-hydroxylation sites is 1. The maximum atomic E-state index is 13.8. The maximum absolute atomic E-state index is 13.8. The topological polar surface area (TPSA) is 75.4 Å². The molecule has 0 saturated carbocycles. The molecule has 1 heterocycles. The number of hydrogen-bond acceptors (Lipinski definition) is 3. The molecule has 0 radical (unpaired) electrons. The van der Waals surface area contributed by atoms with Crippen LogP contribution in [0.2, 0.25) is 0 Å². The number of nitrogens with two attached hydrogens (primary N) is 1. The summed E-state index contributed by atoms with van der Waals surface area (Å²) in [4.78, 5) is 24.9. The number of carbonyl (C=O) groups is 2. The molecule has 3 N–H and O–H groups in total. The van der Waals surface area contributed by atoms with Crippen LogP contribution >= 0.6 is 12.4 Å². The molecule has 2 rings (SSSR count). The van der Waals surface area contributed by atoms with Gasteiger partial charge in [-0.2, -0.15) is 0 Å². The van der Waals surface area contributed by atoms with E-state index in [9.17, 15) is 18.4 Å². The lowest BCUT2D eigenvalue weighted by atomic mass is 10.0. The van der Waals surface area contributed by atoms with Crippen LogP contribution in [-0.4, -0.2) is 30.4 Å². The van der Waals surface area contributed by atoms with Gasteiger partial charge in [0.05, 0.1) is 12.1 Å². The Morgan fingerprint density at radius 3 is 2.43 bits per heavy atom. The quantitative estimate of drug-likeness (QED) is 0.868. The predicted octanol–water partition coefficient (Wildman–Crippen LogP) is 1.59. The molecule has 1 aromatic rings. The molecule has 1 fully saturated rings. The van der Waals surface area contributed by atoms with Gasteiger partial charge in [-0.1, -0.05) is 19.9 Å². The minimum atomic E-state index is -0.806. The monoisotopic (exact) mass is 347 g/mol. The van der Waals surface area contributed by atoms with E-state index in [2.05, 4.69) is 5.32 Å². The number of halogens is 3. The second-order valence-electron chi connectivity index (χ2n) is 5.75. The van der Waals surface area contributed by atoms with E-state index in [0.717, 1.165) is 17.0 Å². The van der Waals surface area contributed by atoms with Gasteiger partial charge < -0.3 is 16.0 Å². The molecular weight excluding hydrogens is 328 g/mol. The Balaban J connectivity index is 0.00000264. The molecule has 0 aliphatic carbocycles. The van der Waals surface area contributed by atoms with Crippen molar-refractivity contribution < 1.29 is 18.4 Å². The second kappa shape index (κ2) is 7.70. The molecule has 0 spiro atoms. The number of hydrogen-bond donors (Lipinski definition) is 2. The minimum absolute atomic E-state index is 0. The SMILES string of the molecule is CC(C)[C@H](N)C(=O)NC1CC(=O)N(c2c(F)cccc2F)C1.Cl. The summed E-state index contributed by atoms with van der Waals surface area (Å²) in [6.45, 7) is 3.64. The first kappa shape index (κ1) is 19.3. The lowest BCUT2D eigenvalue weighted by Gasteiger charge is -2.20. The molecule has 23 heavy (non-hydrogen) atoms. The fourth-order valence-electron chi connectivity index (χ4n) is 2.37. The molecule has 8 heteroatoms. The Bertz CT molecular complexity index is 578. The summed E-state index contributed by atoms with van der Waals surface area (Å²) < 4.78 is 27.5. The van der Waals surface area contributed by atoms with Crippen molar-refractivity contribution in [1.29, 1.82) is 0 Å². The molecular formula is C15H20ClF2N3O2. The summed E-state index contributed by atoms with van der Waals surface area (Å²) in [5.41, 5.74) is 5.36. The molecule has 2 amide bonds. The number of amides is 2. The molecule has 1 unspecified atom stereocenters. The van der Waals surface area contributed by atoms with E-state index in [1.54, 1.807) is 0 Å². The van der Waals surface area contributed by atoms with Crippen LogP contribution in [0.15, 0.2) is 18.2 Å². The van der Waals surface area contributed by atoms with Crippen LogP contribution in [0.4, 0.5) is 14.5 Å². The molecule has 1 aliphatic heterocycles. The van der Waals surface area contributed by atoms with Gasteiger partial charge in [-0.25, -0.2) is 8.78 Å².